The maximum atomic E-state index is 10.4. The van der Waals surface area contributed by atoms with E-state index in [1.54, 1.807) is 0 Å². The zero-order chi connectivity index (χ0) is 37.9. The van der Waals surface area contributed by atoms with Gasteiger partial charge in [-0.15, -0.1) is 0 Å². The first kappa shape index (κ1) is 32.8. The van der Waals surface area contributed by atoms with E-state index in [1.807, 2.05) is 43.3 Å². The van der Waals surface area contributed by atoms with Gasteiger partial charge >= 0.3 is 0 Å². The highest BCUT2D eigenvalue weighted by Crippen LogP contribution is 2.44. The van der Waals surface area contributed by atoms with Crippen molar-refractivity contribution in [3.8, 4) is 23.5 Å². The minimum Gasteiger partial charge on any atom is -0.309 e. The summed E-state index contributed by atoms with van der Waals surface area (Å²) >= 11 is 0. The smallest absolute Gasteiger partial charge is 0.0991 e. The molecule has 56 heavy (non-hydrogen) atoms. The van der Waals surface area contributed by atoms with Crippen LogP contribution in [0.5, 0.6) is 0 Å². The summed E-state index contributed by atoms with van der Waals surface area (Å²) in [6.07, 6.45) is 3.84. The number of rotatable bonds is 6. The Kier molecular flexibility index (Phi) is 7.56. The van der Waals surface area contributed by atoms with Gasteiger partial charge in [0.05, 0.1) is 62.2 Å². The van der Waals surface area contributed by atoms with E-state index in [0.717, 1.165) is 93.6 Å². The lowest BCUT2D eigenvalue weighted by Crippen LogP contribution is -2.04. The molecule has 0 unspecified atom stereocenters. The van der Waals surface area contributed by atoms with Gasteiger partial charge in [0.15, 0.2) is 0 Å². The van der Waals surface area contributed by atoms with Crippen LogP contribution < -0.4 is 0 Å². The minimum atomic E-state index is 0.528. The average molecular weight is 716 g/mol. The SMILES string of the molecule is C=C/C(=C(\C=C(/C)C#N)n1c2ccccc2c2ccc3c(c4ccccc4n3-c3ccccc3)c21)c1cc(C#N)ccc1-n1c2ccccc2c2ccccc21. The zero-order valence-corrected chi connectivity index (χ0v) is 30.6. The van der Waals surface area contributed by atoms with Gasteiger partial charge in [-0.1, -0.05) is 110 Å². The normalized spacial score (nSPS) is 12.4. The quantitative estimate of drug-likeness (QED) is 0.127. The topological polar surface area (TPSA) is 62.4 Å². The van der Waals surface area contributed by atoms with Crippen LogP contribution in [0.15, 0.2) is 182 Å². The summed E-state index contributed by atoms with van der Waals surface area (Å²) in [4.78, 5) is 0. The molecule has 7 aromatic carbocycles. The van der Waals surface area contributed by atoms with E-state index in [2.05, 4.69) is 166 Å². The van der Waals surface area contributed by atoms with Crippen LogP contribution in [0.4, 0.5) is 0 Å². The van der Waals surface area contributed by atoms with Gasteiger partial charge in [-0.05, 0) is 73.7 Å². The molecule has 0 aliphatic rings. The molecule has 3 aromatic heterocycles. The fourth-order valence-corrected chi connectivity index (χ4v) is 8.67. The Hall–Kier alpha value is -7.86. The number of aromatic nitrogens is 3. The van der Waals surface area contributed by atoms with Crippen molar-refractivity contribution in [2.75, 3.05) is 0 Å². The molecule has 5 heteroatoms. The van der Waals surface area contributed by atoms with E-state index in [1.165, 1.54) is 0 Å². The van der Waals surface area contributed by atoms with Crippen LogP contribution in [0.25, 0.3) is 88.1 Å². The highest BCUT2D eigenvalue weighted by Gasteiger charge is 2.24. The van der Waals surface area contributed by atoms with Crippen LogP contribution >= 0.6 is 0 Å². The summed E-state index contributed by atoms with van der Waals surface area (Å²) in [5, 5.41) is 27.4. The van der Waals surface area contributed by atoms with Gasteiger partial charge in [0.25, 0.3) is 0 Å². The Bertz CT molecular complexity index is 3350. The fourth-order valence-electron chi connectivity index (χ4n) is 8.67. The van der Waals surface area contributed by atoms with Crippen molar-refractivity contribution >= 4 is 76.7 Å². The third-order valence-electron chi connectivity index (χ3n) is 11.0. The molecular formula is C51H33N5. The molecule has 0 aliphatic heterocycles. The Balaban J connectivity index is 1.41. The Labute approximate surface area is 323 Å². The van der Waals surface area contributed by atoms with Gasteiger partial charge in [0, 0.05) is 54.7 Å². The molecule has 10 aromatic rings. The van der Waals surface area contributed by atoms with Gasteiger partial charge in [-0.2, -0.15) is 10.5 Å². The maximum absolute atomic E-state index is 10.4. The van der Waals surface area contributed by atoms with Gasteiger partial charge in [0.1, 0.15) is 0 Å². The van der Waals surface area contributed by atoms with Gasteiger partial charge < -0.3 is 13.7 Å². The monoisotopic (exact) mass is 715 g/mol. The molecule has 0 atom stereocenters. The number of allylic oxidation sites excluding steroid dienone is 5. The average Bonchev–Trinajstić information content (AvgIpc) is 3.89. The molecule has 0 fully saturated rings. The molecule has 0 saturated heterocycles. The van der Waals surface area contributed by atoms with E-state index in [-0.39, 0.29) is 0 Å². The largest absolute Gasteiger partial charge is 0.309 e. The lowest BCUT2D eigenvalue weighted by molar-refractivity contribution is 1.16. The lowest BCUT2D eigenvalue weighted by atomic mass is 9.97. The van der Waals surface area contributed by atoms with E-state index < -0.39 is 0 Å². The molecule has 0 N–H and O–H groups in total. The second-order valence-corrected chi connectivity index (χ2v) is 14.1. The van der Waals surface area contributed by atoms with E-state index in [0.29, 0.717) is 11.1 Å². The predicted octanol–water partition coefficient (Wildman–Crippen LogP) is 12.9. The van der Waals surface area contributed by atoms with Crippen molar-refractivity contribution in [1.29, 1.82) is 10.5 Å². The van der Waals surface area contributed by atoms with Crippen molar-refractivity contribution < 1.29 is 0 Å². The summed E-state index contributed by atoms with van der Waals surface area (Å²) in [7, 11) is 0. The number of benzene rings is 7. The first-order chi connectivity index (χ1) is 27.6. The summed E-state index contributed by atoms with van der Waals surface area (Å²) in [5.41, 5.74) is 11.8. The number of para-hydroxylation sites is 5. The third-order valence-corrected chi connectivity index (χ3v) is 11.0. The predicted molar refractivity (Wildman–Crippen MR) is 232 cm³/mol. The Morgan fingerprint density at radius 1 is 0.571 bits per heavy atom. The summed E-state index contributed by atoms with van der Waals surface area (Å²) in [6.45, 7) is 6.28. The van der Waals surface area contributed by atoms with E-state index in [4.69, 9.17) is 0 Å². The van der Waals surface area contributed by atoms with Crippen molar-refractivity contribution in [1.82, 2.24) is 13.7 Å². The lowest BCUT2D eigenvalue weighted by Gasteiger charge is -2.19. The zero-order valence-electron chi connectivity index (χ0n) is 30.6. The molecule has 0 saturated carbocycles. The standard InChI is InChI=1S/C51H33N5/c1-3-36(42-30-34(32-53)25-27-47(42)55-43-21-11-7-17-37(43)38-18-8-12-22-44(38)55)49(29-33(2)31-52)56-45-23-13-9-19-39(45)40-26-28-48-50(51(40)56)41-20-10-14-24-46(41)54(48)35-15-5-4-6-16-35/h3-30H,1H2,2H3/b33-29+,49-36-. The van der Waals surface area contributed by atoms with Crippen molar-refractivity contribution in [2.24, 2.45) is 0 Å². The van der Waals surface area contributed by atoms with Crippen molar-refractivity contribution in [3.05, 3.63) is 193 Å². The maximum Gasteiger partial charge on any atom is 0.0991 e. The molecule has 0 spiro atoms. The van der Waals surface area contributed by atoms with Crippen LogP contribution in [0.3, 0.4) is 0 Å². The Morgan fingerprint density at radius 2 is 1.14 bits per heavy atom. The highest BCUT2D eigenvalue weighted by atomic mass is 15.0. The second kappa shape index (κ2) is 12.9. The number of nitrogens with zero attached hydrogens (tertiary/aromatic N) is 5. The molecule has 0 amide bonds. The minimum absolute atomic E-state index is 0.528. The highest BCUT2D eigenvalue weighted by molar-refractivity contribution is 6.27. The van der Waals surface area contributed by atoms with Crippen LogP contribution in [0, 0.1) is 22.7 Å². The van der Waals surface area contributed by atoms with Crippen LogP contribution in [0.1, 0.15) is 18.1 Å². The van der Waals surface area contributed by atoms with E-state index >= 15 is 0 Å². The first-order valence-electron chi connectivity index (χ1n) is 18.6. The molecule has 0 bridgehead atoms. The summed E-state index contributed by atoms with van der Waals surface area (Å²) in [5.74, 6) is 0. The number of fused-ring (bicyclic) bond motifs is 10. The van der Waals surface area contributed by atoms with Gasteiger partial charge in [0.2, 0.25) is 0 Å². The molecule has 262 valence electrons. The molecular weight excluding hydrogens is 683 g/mol. The van der Waals surface area contributed by atoms with Crippen LogP contribution in [0.2, 0.25) is 0 Å². The van der Waals surface area contributed by atoms with Crippen LogP contribution in [-0.4, -0.2) is 13.7 Å². The van der Waals surface area contributed by atoms with Gasteiger partial charge in [-0.3, -0.25) is 0 Å². The van der Waals surface area contributed by atoms with Crippen LogP contribution in [-0.2, 0) is 0 Å². The van der Waals surface area contributed by atoms with E-state index in [9.17, 15) is 10.5 Å². The summed E-state index contributed by atoms with van der Waals surface area (Å²) < 4.78 is 6.92. The fraction of sp³-hybridized carbons (Fsp3) is 0.0196. The number of hydrogen-bond acceptors (Lipinski definition) is 2. The first-order valence-corrected chi connectivity index (χ1v) is 18.6. The number of hydrogen-bond donors (Lipinski definition) is 0. The third kappa shape index (κ3) is 4.79. The second-order valence-electron chi connectivity index (χ2n) is 14.1. The molecule has 10 rings (SSSR count). The molecule has 5 nitrogen and oxygen atoms in total. The number of nitriles is 2. The van der Waals surface area contributed by atoms with Crippen molar-refractivity contribution in [3.63, 3.8) is 0 Å². The molecule has 0 aliphatic carbocycles. The van der Waals surface area contributed by atoms with Crippen molar-refractivity contribution in [2.45, 2.75) is 6.92 Å². The van der Waals surface area contributed by atoms with Gasteiger partial charge in [-0.25, -0.2) is 0 Å². The Morgan fingerprint density at radius 3 is 1.77 bits per heavy atom. The molecule has 3 heterocycles. The molecule has 0 radical (unpaired) electrons. The summed E-state index contributed by atoms with van der Waals surface area (Å²) in [6, 6.07) is 59.5.